The molecule has 3 aromatic rings. The molecule has 3 heterocycles. The third-order valence-electron chi connectivity index (χ3n) is 5.28. The van der Waals surface area contributed by atoms with Gasteiger partial charge in [-0.3, -0.25) is 9.36 Å². The summed E-state index contributed by atoms with van der Waals surface area (Å²) in [6.45, 7) is 2.93. The maximum absolute atomic E-state index is 12.6. The number of nitrogens with one attached hydrogen (secondary N) is 2. The van der Waals surface area contributed by atoms with E-state index in [1.807, 2.05) is 18.2 Å². The maximum atomic E-state index is 12.6. The minimum atomic E-state index is -0.00974. The van der Waals surface area contributed by atoms with Gasteiger partial charge in [0.1, 0.15) is 17.3 Å². The highest BCUT2D eigenvalue weighted by Gasteiger charge is 2.26. The Balaban J connectivity index is 1.36. The molecule has 4 rings (SSSR count). The van der Waals surface area contributed by atoms with Gasteiger partial charge in [0.25, 0.3) is 0 Å². The summed E-state index contributed by atoms with van der Waals surface area (Å²) in [4.78, 5) is 27.7. The van der Waals surface area contributed by atoms with Crippen molar-refractivity contribution in [2.45, 2.75) is 25.3 Å². The normalized spacial score (nSPS) is 16.3. The monoisotopic (exact) mass is 439 g/mol. The highest BCUT2D eigenvalue weighted by Crippen LogP contribution is 2.22. The van der Waals surface area contributed by atoms with Crippen molar-refractivity contribution in [2.75, 3.05) is 31.1 Å². The van der Waals surface area contributed by atoms with Gasteiger partial charge in [-0.2, -0.15) is 4.98 Å². The number of piperazine rings is 1. The average Bonchev–Trinajstić information content (AvgIpc) is 3.33. The van der Waals surface area contributed by atoms with Crippen LogP contribution in [0.1, 0.15) is 18.4 Å². The predicted molar refractivity (Wildman–Crippen MR) is 121 cm³/mol. The Bertz CT molecular complexity index is 981. The molecule has 1 aromatic carbocycles. The number of rotatable bonds is 8. The van der Waals surface area contributed by atoms with Crippen LogP contribution in [0.5, 0.6) is 0 Å². The number of carbonyl (C=O) groups is 1. The molecule has 1 aliphatic rings. The van der Waals surface area contributed by atoms with Crippen molar-refractivity contribution in [3.63, 3.8) is 0 Å². The van der Waals surface area contributed by atoms with Gasteiger partial charge in [-0.05, 0) is 18.4 Å². The molecule has 1 unspecified atom stereocenters. The molecule has 162 valence electrons. The number of benzene rings is 1. The van der Waals surface area contributed by atoms with E-state index in [9.17, 15) is 4.79 Å². The molecule has 1 atom stereocenters. The van der Waals surface area contributed by atoms with E-state index in [0.717, 1.165) is 25.9 Å². The topological polar surface area (TPSA) is 88.0 Å². The van der Waals surface area contributed by atoms with E-state index in [4.69, 9.17) is 11.6 Å². The first kappa shape index (κ1) is 21.3. The van der Waals surface area contributed by atoms with Crippen LogP contribution in [0.3, 0.4) is 0 Å². The molecular formula is C22H26ClN7O. The van der Waals surface area contributed by atoms with Crippen molar-refractivity contribution in [1.29, 1.82) is 0 Å². The zero-order chi connectivity index (χ0) is 21.5. The van der Waals surface area contributed by atoms with Gasteiger partial charge in [0.2, 0.25) is 11.9 Å². The van der Waals surface area contributed by atoms with Crippen LogP contribution in [0.4, 0.5) is 5.82 Å². The lowest BCUT2D eigenvalue weighted by Crippen LogP contribution is -2.53. The average molecular weight is 440 g/mol. The van der Waals surface area contributed by atoms with E-state index < -0.39 is 0 Å². The predicted octanol–water partition coefficient (Wildman–Crippen LogP) is 2.23. The standard InChI is InChI=1S/C22H26ClN7O/c23-19-14-20(28-22(27-19)29-11-9-25-16-29)30-12-10-24-15-18(30)13-21(31)26-8-4-7-17-5-2-1-3-6-17/h1-3,5-6,9,11,14,16,18,24H,4,7-8,10,12-13,15H2,(H,26,31). The smallest absolute Gasteiger partial charge is 0.238 e. The Morgan fingerprint density at radius 2 is 2.13 bits per heavy atom. The largest absolute Gasteiger partial charge is 0.356 e. The van der Waals surface area contributed by atoms with Crippen LogP contribution in [0.15, 0.2) is 55.1 Å². The number of hydrogen-bond donors (Lipinski definition) is 2. The maximum Gasteiger partial charge on any atom is 0.238 e. The summed E-state index contributed by atoms with van der Waals surface area (Å²) >= 11 is 6.27. The Morgan fingerprint density at radius 1 is 1.26 bits per heavy atom. The SMILES string of the molecule is O=C(CC1CNCCN1c1cc(Cl)nc(-n2ccnc2)n1)NCCCc1ccccc1. The Morgan fingerprint density at radius 3 is 2.94 bits per heavy atom. The molecule has 0 saturated carbocycles. The van der Waals surface area contributed by atoms with E-state index in [1.54, 1.807) is 29.4 Å². The summed E-state index contributed by atoms with van der Waals surface area (Å²) in [5.41, 5.74) is 1.29. The van der Waals surface area contributed by atoms with Gasteiger partial charge in [0.15, 0.2) is 0 Å². The van der Waals surface area contributed by atoms with E-state index >= 15 is 0 Å². The lowest BCUT2D eigenvalue weighted by atomic mass is 10.1. The molecule has 1 saturated heterocycles. The quantitative estimate of drug-likeness (QED) is 0.413. The van der Waals surface area contributed by atoms with Crippen molar-refractivity contribution in [2.24, 2.45) is 0 Å². The molecule has 0 bridgehead atoms. The molecule has 8 nitrogen and oxygen atoms in total. The Labute approximate surface area is 186 Å². The van der Waals surface area contributed by atoms with Crippen LogP contribution in [-0.2, 0) is 11.2 Å². The number of nitrogens with zero attached hydrogens (tertiary/aromatic N) is 5. The summed E-state index contributed by atoms with van der Waals surface area (Å²) in [6.07, 6.45) is 7.33. The first-order valence-corrected chi connectivity index (χ1v) is 10.9. The van der Waals surface area contributed by atoms with Gasteiger partial charge in [0, 0.05) is 51.1 Å². The molecule has 31 heavy (non-hydrogen) atoms. The van der Waals surface area contributed by atoms with E-state index in [1.165, 1.54) is 5.56 Å². The fourth-order valence-corrected chi connectivity index (χ4v) is 3.90. The number of aromatic nitrogens is 4. The highest BCUT2D eigenvalue weighted by molar-refractivity contribution is 6.29. The van der Waals surface area contributed by atoms with Crippen molar-refractivity contribution >= 4 is 23.3 Å². The molecule has 1 amide bonds. The van der Waals surface area contributed by atoms with Gasteiger partial charge in [0.05, 0.1) is 6.04 Å². The summed E-state index contributed by atoms with van der Waals surface area (Å²) in [5, 5.41) is 6.78. The highest BCUT2D eigenvalue weighted by atomic mass is 35.5. The van der Waals surface area contributed by atoms with Crippen LogP contribution >= 0.6 is 11.6 Å². The fraction of sp³-hybridized carbons (Fsp3) is 0.364. The Hall–Kier alpha value is -2.97. The third kappa shape index (κ3) is 5.80. The summed E-state index contributed by atoms with van der Waals surface area (Å²) < 4.78 is 1.71. The summed E-state index contributed by atoms with van der Waals surface area (Å²) in [5.74, 6) is 1.22. The van der Waals surface area contributed by atoms with Crippen molar-refractivity contribution in [1.82, 2.24) is 30.2 Å². The van der Waals surface area contributed by atoms with Gasteiger partial charge >= 0.3 is 0 Å². The molecule has 2 N–H and O–H groups in total. The fourth-order valence-electron chi connectivity index (χ4n) is 3.73. The second-order valence-electron chi connectivity index (χ2n) is 7.51. The third-order valence-corrected chi connectivity index (χ3v) is 5.47. The minimum absolute atomic E-state index is 0.00974. The summed E-state index contributed by atoms with van der Waals surface area (Å²) in [7, 11) is 0. The molecule has 9 heteroatoms. The van der Waals surface area contributed by atoms with Crippen molar-refractivity contribution in [3.8, 4) is 5.95 Å². The number of halogens is 1. The van der Waals surface area contributed by atoms with Gasteiger partial charge in [-0.25, -0.2) is 9.97 Å². The Kier molecular flexibility index (Phi) is 7.11. The van der Waals surface area contributed by atoms with Gasteiger partial charge < -0.3 is 15.5 Å². The van der Waals surface area contributed by atoms with Gasteiger partial charge in [-0.15, -0.1) is 0 Å². The molecule has 2 aromatic heterocycles. The van der Waals surface area contributed by atoms with Crippen molar-refractivity contribution in [3.05, 3.63) is 65.8 Å². The van der Waals surface area contributed by atoms with E-state index in [-0.39, 0.29) is 11.9 Å². The number of aryl methyl sites for hydroxylation is 1. The zero-order valence-electron chi connectivity index (χ0n) is 17.2. The lowest BCUT2D eigenvalue weighted by Gasteiger charge is -2.37. The van der Waals surface area contributed by atoms with Crippen LogP contribution in [-0.4, -0.2) is 57.6 Å². The molecule has 0 spiro atoms. The number of amides is 1. The second-order valence-corrected chi connectivity index (χ2v) is 7.90. The van der Waals surface area contributed by atoms with Gasteiger partial charge in [-0.1, -0.05) is 41.9 Å². The molecular weight excluding hydrogens is 414 g/mol. The summed E-state index contributed by atoms with van der Waals surface area (Å²) in [6, 6.07) is 12.0. The van der Waals surface area contributed by atoms with E-state index in [0.29, 0.717) is 36.4 Å². The molecule has 1 fully saturated rings. The first-order chi connectivity index (χ1) is 15.2. The van der Waals surface area contributed by atoms with E-state index in [2.05, 4.69) is 42.6 Å². The molecule has 1 aliphatic heterocycles. The number of carbonyl (C=O) groups excluding carboxylic acids is 1. The number of hydrogen-bond acceptors (Lipinski definition) is 6. The number of anilines is 1. The van der Waals surface area contributed by atoms with Crippen LogP contribution in [0, 0.1) is 0 Å². The molecule has 0 radical (unpaired) electrons. The van der Waals surface area contributed by atoms with Crippen LogP contribution in [0.25, 0.3) is 5.95 Å². The zero-order valence-corrected chi connectivity index (χ0v) is 18.0. The van der Waals surface area contributed by atoms with Crippen LogP contribution < -0.4 is 15.5 Å². The second kappa shape index (κ2) is 10.4. The van der Waals surface area contributed by atoms with Crippen molar-refractivity contribution < 1.29 is 4.79 Å². The molecule has 0 aliphatic carbocycles. The minimum Gasteiger partial charge on any atom is -0.356 e. The lowest BCUT2D eigenvalue weighted by molar-refractivity contribution is -0.121. The number of imidazole rings is 1. The van der Waals surface area contributed by atoms with Crippen LogP contribution in [0.2, 0.25) is 5.15 Å². The first-order valence-electron chi connectivity index (χ1n) is 10.5.